The molecule has 0 radical (unpaired) electrons. The smallest absolute Gasteiger partial charge is 0.251 e. The van der Waals surface area contributed by atoms with Crippen LogP contribution in [-0.4, -0.2) is 34.9 Å². The van der Waals surface area contributed by atoms with Gasteiger partial charge in [-0.05, 0) is 65.4 Å². The number of aryl methyl sites for hydroxylation is 1. The second-order valence-corrected chi connectivity index (χ2v) is 10.1. The van der Waals surface area contributed by atoms with Crippen LogP contribution in [0.1, 0.15) is 34.8 Å². The Balaban J connectivity index is 1.20. The highest BCUT2D eigenvalue weighted by atomic mass is 32.1. The zero-order chi connectivity index (χ0) is 25.1. The zero-order valence-electron chi connectivity index (χ0n) is 20.0. The van der Waals surface area contributed by atoms with Gasteiger partial charge in [0.05, 0.1) is 12.2 Å². The molecule has 4 N–H and O–H groups in total. The maximum absolute atomic E-state index is 12.7. The maximum Gasteiger partial charge on any atom is 0.251 e. The lowest BCUT2D eigenvalue weighted by molar-refractivity contribution is -0.115. The van der Waals surface area contributed by atoms with Crippen LogP contribution in [0.2, 0.25) is 0 Å². The quantitative estimate of drug-likeness (QED) is 0.351. The van der Waals surface area contributed by atoms with Gasteiger partial charge in [-0.25, -0.2) is 4.98 Å². The Morgan fingerprint density at radius 3 is 2.67 bits per heavy atom. The number of amides is 2. The topological polar surface area (TPSA) is 110 Å². The van der Waals surface area contributed by atoms with E-state index in [1.54, 1.807) is 12.4 Å². The molecule has 0 saturated heterocycles. The van der Waals surface area contributed by atoms with Gasteiger partial charge in [-0.3, -0.25) is 14.6 Å². The van der Waals surface area contributed by atoms with Crippen LogP contribution in [0.25, 0.3) is 22.4 Å². The van der Waals surface area contributed by atoms with Crippen molar-refractivity contribution in [1.29, 1.82) is 0 Å². The third-order valence-electron chi connectivity index (χ3n) is 6.75. The van der Waals surface area contributed by atoms with Crippen molar-refractivity contribution in [2.75, 3.05) is 18.4 Å². The molecule has 36 heavy (non-hydrogen) atoms. The Morgan fingerprint density at radius 2 is 1.86 bits per heavy atom. The molecule has 2 amide bonds. The highest BCUT2D eigenvalue weighted by Crippen LogP contribution is 2.38. The monoisotopic (exact) mass is 497 g/mol. The lowest BCUT2D eigenvalue weighted by atomic mass is 9.83. The summed E-state index contributed by atoms with van der Waals surface area (Å²) in [6, 6.07) is 17.7. The molecule has 8 heteroatoms. The first-order valence-electron chi connectivity index (χ1n) is 11.8. The Labute approximate surface area is 213 Å². The number of benzene rings is 2. The molecule has 1 atom stereocenters. The minimum atomic E-state index is -0.331. The van der Waals surface area contributed by atoms with Crippen LogP contribution in [0.4, 0.5) is 5.13 Å². The van der Waals surface area contributed by atoms with Gasteiger partial charge >= 0.3 is 0 Å². The third-order valence-corrected chi connectivity index (χ3v) is 7.51. The van der Waals surface area contributed by atoms with Crippen molar-refractivity contribution in [3.8, 4) is 22.4 Å². The fourth-order valence-corrected chi connectivity index (χ4v) is 5.28. The van der Waals surface area contributed by atoms with Crippen LogP contribution in [-0.2, 0) is 16.6 Å². The van der Waals surface area contributed by atoms with Crippen LogP contribution >= 0.6 is 11.3 Å². The molecule has 0 saturated carbocycles. The fraction of sp³-hybridized carbons (Fsp3) is 0.214. The number of hydrogen-bond donors (Lipinski definition) is 3. The van der Waals surface area contributed by atoms with Gasteiger partial charge in [0.25, 0.3) is 5.91 Å². The molecule has 7 nitrogen and oxygen atoms in total. The van der Waals surface area contributed by atoms with Gasteiger partial charge in [0, 0.05) is 40.9 Å². The van der Waals surface area contributed by atoms with Crippen molar-refractivity contribution in [2.45, 2.75) is 25.2 Å². The number of nitrogens with zero attached hydrogens (tertiary/aromatic N) is 2. The molecule has 182 valence electrons. The number of pyridine rings is 1. The molecule has 0 aliphatic heterocycles. The van der Waals surface area contributed by atoms with E-state index >= 15 is 0 Å². The summed E-state index contributed by atoms with van der Waals surface area (Å²) in [7, 11) is 0. The van der Waals surface area contributed by atoms with Crippen LogP contribution in [0.5, 0.6) is 0 Å². The van der Waals surface area contributed by atoms with Gasteiger partial charge < -0.3 is 16.4 Å². The predicted octanol–water partition coefficient (Wildman–Crippen LogP) is 4.40. The molecule has 2 heterocycles. The highest BCUT2D eigenvalue weighted by molar-refractivity contribution is 7.14. The van der Waals surface area contributed by atoms with Gasteiger partial charge in [0.15, 0.2) is 5.13 Å². The Bertz CT molecular complexity index is 1420. The van der Waals surface area contributed by atoms with Crippen molar-refractivity contribution in [1.82, 2.24) is 15.3 Å². The van der Waals surface area contributed by atoms with Crippen LogP contribution in [0.3, 0.4) is 0 Å². The lowest BCUT2D eigenvalue weighted by Crippen LogP contribution is -2.33. The number of fused-ring (bicyclic) bond motifs is 1. The van der Waals surface area contributed by atoms with Crippen molar-refractivity contribution >= 4 is 28.3 Å². The van der Waals surface area contributed by atoms with Gasteiger partial charge in [0.1, 0.15) is 0 Å². The third kappa shape index (κ3) is 4.91. The summed E-state index contributed by atoms with van der Waals surface area (Å²) >= 11 is 1.34. The standard InChI is InChI=1S/C28H27N5O2S/c1-28(17-29)10-7-19-5-6-22(14-23(19)28)26(35)31-15-25(34)33-27-32-24(16-36-27)21-4-2-3-20(13-21)18-8-11-30-12-9-18/h2-6,8-9,11-14,16H,7,10,15,17,29H2,1H3,(H,31,35)(H,32,33,34). The van der Waals surface area contributed by atoms with E-state index in [0.29, 0.717) is 17.2 Å². The SMILES string of the molecule is CC1(CN)CCc2ccc(C(=O)NCC(=O)Nc3nc(-c4cccc(-c5ccncc5)c4)cs3)cc21. The first-order chi connectivity index (χ1) is 17.4. The van der Waals surface area contributed by atoms with Crippen molar-refractivity contribution < 1.29 is 9.59 Å². The number of rotatable bonds is 7. The van der Waals surface area contributed by atoms with Crippen LogP contribution < -0.4 is 16.4 Å². The summed E-state index contributed by atoms with van der Waals surface area (Å²) in [5, 5.41) is 7.87. The second-order valence-electron chi connectivity index (χ2n) is 9.22. The minimum absolute atomic E-state index is 0.108. The first-order valence-corrected chi connectivity index (χ1v) is 12.7. The van der Waals surface area contributed by atoms with Crippen LogP contribution in [0.15, 0.2) is 72.4 Å². The largest absolute Gasteiger partial charge is 0.343 e. The number of anilines is 1. The second kappa shape index (κ2) is 10.0. The van der Waals surface area contributed by atoms with E-state index in [0.717, 1.165) is 40.8 Å². The van der Waals surface area contributed by atoms with Crippen molar-refractivity contribution in [3.05, 3.63) is 89.1 Å². The number of aromatic nitrogens is 2. The number of hydrogen-bond acceptors (Lipinski definition) is 6. The average Bonchev–Trinajstić information content (AvgIpc) is 3.52. The molecular weight excluding hydrogens is 470 g/mol. The molecule has 0 fully saturated rings. The summed E-state index contributed by atoms with van der Waals surface area (Å²) in [6.07, 6.45) is 5.48. The molecule has 2 aromatic heterocycles. The number of carbonyl (C=O) groups excluding carboxylic acids is 2. The molecule has 2 aromatic carbocycles. The van der Waals surface area contributed by atoms with E-state index in [2.05, 4.69) is 33.6 Å². The van der Waals surface area contributed by atoms with Crippen molar-refractivity contribution in [2.24, 2.45) is 5.73 Å². The Morgan fingerprint density at radius 1 is 1.06 bits per heavy atom. The lowest BCUT2D eigenvalue weighted by Gasteiger charge is -2.23. The number of carbonyl (C=O) groups is 2. The fourth-order valence-electron chi connectivity index (χ4n) is 4.55. The molecule has 4 aromatic rings. The molecule has 1 unspecified atom stereocenters. The van der Waals surface area contributed by atoms with Gasteiger partial charge in [-0.15, -0.1) is 11.3 Å². The average molecular weight is 498 g/mol. The number of nitrogens with two attached hydrogens (primary N) is 1. The number of thiazole rings is 1. The normalized spacial score (nSPS) is 16.4. The predicted molar refractivity (Wildman–Crippen MR) is 143 cm³/mol. The van der Waals surface area contributed by atoms with Gasteiger partial charge in [-0.2, -0.15) is 0 Å². The molecule has 1 aliphatic rings. The Hall–Kier alpha value is -3.88. The molecule has 0 spiro atoms. The molecule has 5 rings (SSSR count). The van der Waals surface area contributed by atoms with E-state index < -0.39 is 0 Å². The molecule has 0 bridgehead atoms. The summed E-state index contributed by atoms with van der Waals surface area (Å²) in [6.45, 7) is 2.53. The number of nitrogens with one attached hydrogen (secondary N) is 2. The van der Waals surface area contributed by atoms with E-state index in [-0.39, 0.29) is 23.8 Å². The van der Waals surface area contributed by atoms with E-state index in [4.69, 9.17) is 5.73 Å². The summed E-state index contributed by atoms with van der Waals surface area (Å²) in [5.74, 6) is -0.616. The minimum Gasteiger partial charge on any atom is -0.343 e. The zero-order valence-corrected chi connectivity index (χ0v) is 20.8. The summed E-state index contributed by atoms with van der Waals surface area (Å²) in [5.41, 5.74) is 12.7. The maximum atomic E-state index is 12.7. The van der Waals surface area contributed by atoms with Crippen LogP contribution in [0, 0.1) is 0 Å². The molecule has 1 aliphatic carbocycles. The summed E-state index contributed by atoms with van der Waals surface area (Å²) < 4.78 is 0. The van der Waals surface area contributed by atoms with Gasteiger partial charge in [-0.1, -0.05) is 31.2 Å². The van der Waals surface area contributed by atoms with Crippen molar-refractivity contribution in [3.63, 3.8) is 0 Å². The van der Waals surface area contributed by atoms with E-state index in [1.165, 1.54) is 16.9 Å². The summed E-state index contributed by atoms with van der Waals surface area (Å²) in [4.78, 5) is 33.8. The van der Waals surface area contributed by atoms with E-state index in [1.807, 2.05) is 53.9 Å². The molecular formula is C28H27N5O2S. The van der Waals surface area contributed by atoms with Gasteiger partial charge in [0.2, 0.25) is 5.91 Å². The first kappa shape index (κ1) is 23.8. The Kier molecular flexibility index (Phi) is 6.63. The highest BCUT2D eigenvalue weighted by Gasteiger charge is 2.33. The van der Waals surface area contributed by atoms with E-state index in [9.17, 15) is 9.59 Å².